The van der Waals surface area contributed by atoms with Crippen LogP contribution in [0.25, 0.3) is 0 Å². The Morgan fingerprint density at radius 1 is 0.730 bits per heavy atom. The molecule has 1 heterocycles. The van der Waals surface area contributed by atoms with E-state index in [1.54, 1.807) is 13.2 Å². The van der Waals surface area contributed by atoms with Gasteiger partial charge in [-0.3, -0.25) is 0 Å². The van der Waals surface area contributed by atoms with Crippen molar-refractivity contribution in [2.75, 3.05) is 40.2 Å². The van der Waals surface area contributed by atoms with Crippen LogP contribution in [0.3, 0.4) is 0 Å². The number of pyridine rings is 1. The monoisotopic (exact) mass is 881 g/mol. The zero-order valence-electron chi connectivity index (χ0n) is 36.7. The fourth-order valence-electron chi connectivity index (χ4n) is 8.11. The molecule has 2 atom stereocenters. The van der Waals surface area contributed by atoms with E-state index in [1.807, 2.05) is 47.3 Å². The third kappa shape index (κ3) is 16.5. The average Bonchev–Trinajstić information content (AvgIpc) is 3.81. The number of rotatable bonds is 28. The molecule has 12 heteroatoms. The van der Waals surface area contributed by atoms with Crippen LogP contribution in [-0.2, 0) is 33.2 Å². The maximum atomic E-state index is 11.4. The van der Waals surface area contributed by atoms with E-state index < -0.39 is 20.7 Å². The predicted octanol–water partition coefficient (Wildman–Crippen LogP) is 9.40. The lowest BCUT2D eigenvalue weighted by molar-refractivity contribution is -0.688. The Kier molecular flexibility index (Phi) is 19.5. The molecule has 1 aliphatic rings. The Morgan fingerprint density at radius 3 is 2.14 bits per heavy atom. The number of aliphatic hydroxyl groups excluding tert-OH is 1. The standard InChI is InChI=1S/C51H65N2O9P/c1-58-49-26-25-43(35-51(49)62-46-21-10-11-22-46)47(42-19-8-5-9-20-42)34-41-27-30-53(31-28-41)38-45-24-23-44(36-50(45)60-39-61-63(55,56)57)48(54)37-52-29-13-2-3-14-32-59-33-15-12-18-40-16-6-4-7-17-40/h4-9,16-17,19-20,23-28,30-31,35-36,46-48,52,54H,2-3,10-15,18,21-22,29,32-34,37-39H2,1H3,(H-,55,56,57)/p+1. The highest BCUT2D eigenvalue weighted by molar-refractivity contribution is 7.46. The second kappa shape index (κ2) is 25.6. The van der Waals surface area contributed by atoms with Gasteiger partial charge in [-0.15, -0.1) is 0 Å². The van der Waals surface area contributed by atoms with E-state index in [0.29, 0.717) is 24.4 Å². The minimum Gasteiger partial charge on any atom is -0.493 e. The summed E-state index contributed by atoms with van der Waals surface area (Å²) in [6.07, 6.45) is 16.2. The second-order valence-corrected chi connectivity index (χ2v) is 17.7. The van der Waals surface area contributed by atoms with Crippen LogP contribution < -0.4 is 24.1 Å². The third-order valence-electron chi connectivity index (χ3n) is 11.6. The number of aromatic nitrogens is 1. The zero-order chi connectivity index (χ0) is 44.1. The van der Waals surface area contributed by atoms with Gasteiger partial charge in [0, 0.05) is 37.8 Å². The number of phosphoric acid groups is 1. The second-order valence-electron chi connectivity index (χ2n) is 16.4. The van der Waals surface area contributed by atoms with E-state index >= 15 is 0 Å². The molecule has 0 aliphatic heterocycles. The van der Waals surface area contributed by atoms with Gasteiger partial charge in [-0.25, -0.2) is 13.7 Å². The summed E-state index contributed by atoms with van der Waals surface area (Å²) >= 11 is 0. The molecule has 1 aliphatic carbocycles. The molecule has 11 nitrogen and oxygen atoms in total. The maximum absolute atomic E-state index is 11.4. The Balaban J connectivity index is 0.999. The first kappa shape index (κ1) is 47.9. The molecular weight excluding hydrogens is 816 g/mol. The van der Waals surface area contributed by atoms with E-state index in [9.17, 15) is 19.5 Å². The number of nitrogens with one attached hydrogen (secondary N) is 1. The number of ether oxygens (including phenoxy) is 4. The van der Waals surface area contributed by atoms with Crippen molar-refractivity contribution in [2.24, 2.45) is 0 Å². The summed E-state index contributed by atoms with van der Waals surface area (Å²) in [5.41, 5.74) is 6.28. The Morgan fingerprint density at radius 2 is 1.41 bits per heavy atom. The van der Waals surface area contributed by atoms with Crippen molar-refractivity contribution in [1.82, 2.24) is 5.32 Å². The van der Waals surface area contributed by atoms with Gasteiger partial charge in [0.2, 0.25) is 0 Å². The van der Waals surface area contributed by atoms with Crippen molar-refractivity contribution in [2.45, 2.75) is 102 Å². The lowest BCUT2D eigenvalue weighted by Crippen LogP contribution is -2.33. The summed E-state index contributed by atoms with van der Waals surface area (Å²) in [6, 6.07) is 37.0. The van der Waals surface area contributed by atoms with Gasteiger partial charge in [-0.2, -0.15) is 0 Å². The summed E-state index contributed by atoms with van der Waals surface area (Å²) in [5.74, 6) is 1.98. The average molecular weight is 882 g/mol. The van der Waals surface area contributed by atoms with Gasteiger partial charge in [0.1, 0.15) is 5.75 Å². The normalized spacial score (nSPS) is 14.1. The highest BCUT2D eigenvalue weighted by Gasteiger charge is 2.23. The minimum atomic E-state index is -4.75. The third-order valence-corrected chi connectivity index (χ3v) is 12.1. The Bertz CT molecular complexity index is 2110. The Labute approximate surface area is 373 Å². The van der Waals surface area contributed by atoms with Crippen LogP contribution in [0.15, 0.2) is 122 Å². The molecule has 0 amide bonds. The number of unbranched alkanes of at least 4 members (excludes halogenated alkanes) is 4. The number of benzene rings is 4. The summed E-state index contributed by atoms with van der Waals surface area (Å²) in [7, 11) is -3.06. The number of methoxy groups -OCH3 is 1. The number of hydrogen-bond acceptors (Lipinski definition) is 8. The van der Waals surface area contributed by atoms with E-state index in [2.05, 4.69) is 82.6 Å². The Hall–Kier alpha value is -4.58. The molecule has 4 N–H and O–H groups in total. The molecule has 338 valence electrons. The summed E-state index contributed by atoms with van der Waals surface area (Å²) in [5, 5.41) is 14.4. The van der Waals surface area contributed by atoms with Gasteiger partial charge >= 0.3 is 7.82 Å². The molecule has 0 radical (unpaired) electrons. The van der Waals surface area contributed by atoms with Crippen molar-refractivity contribution in [3.05, 3.63) is 155 Å². The molecule has 5 aromatic rings. The van der Waals surface area contributed by atoms with E-state index in [-0.39, 0.29) is 12.0 Å². The van der Waals surface area contributed by atoms with Gasteiger partial charge in [0.25, 0.3) is 0 Å². The fraction of sp³-hybridized carbons (Fsp3) is 0.431. The first-order valence-corrected chi connectivity index (χ1v) is 24.1. The smallest absolute Gasteiger partial charge is 0.472 e. The van der Waals surface area contributed by atoms with Gasteiger partial charge < -0.3 is 39.2 Å². The van der Waals surface area contributed by atoms with Crippen molar-refractivity contribution in [1.29, 1.82) is 0 Å². The molecule has 6 rings (SSSR count). The highest BCUT2D eigenvalue weighted by Crippen LogP contribution is 2.38. The fourth-order valence-corrected chi connectivity index (χ4v) is 8.30. The molecule has 0 bridgehead atoms. The molecule has 1 saturated carbocycles. The number of nitrogens with zero attached hydrogens (tertiary/aromatic N) is 1. The lowest BCUT2D eigenvalue weighted by atomic mass is 9.86. The molecular formula is C51H66N2O9P+. The first-order valence-electron chi connectivity index (χ1n) is 22.6. The SMILES string of the molecule is COc1ccc(C(Cc2cc[n+](Cc3ccc(C(O)CNCCCCCCOCCCCc4ccccc4)cc3OCOP(=O)(O)O)cc2)c2ccccc2)cc1OC1CCCC1. The quantitative estimate of drug-likeness (QED) is 0.0166. The van der Waals surface area contributed by atoms with Gasteiger partial charge in [-0.1, -0.05) is 85.6 Å². The minimum absolute atomic E-state index is 0.0808. The van der Waals surface area contributed by atoms with Crippen molar-refractivity contribution >= 4 is 7.82 Å². The first-order chi connectivity index (χ1) is 30.7. The van der Waals surface area contributed by atoms with E-state index in [0.717, 1.165) is 112 Å². The van der Waals surface area contributed by atoms with Crippen LogP contribution in [0, 0.1) is 0 Å². The molecule has 0 spiro atoms. The van der Waals surface area contributed by atoms with Gasteiger partial charge in [0.15, 0.2) is 37.2 Å². The van der Waals surface area contributed by atoms with Crippen molar-refractivity contribution in [3.63, 3.8) is 0 Å². The summed E-state index contributed by atoms with van der Waals surface area (Å²) in [6.45, 7) is 2.51. The molecule has 1 aromatic heterocycles. The van der Waals surface area contributed by atoms with Crippen LogP contribution in [0.1, 0.15) is 110 Å². The largest absolute Gasteiger partial charge is 0.493 e. The summed E-state index contributed by atoms with van der Waals surface area (Å²) in [4.78, 5) is 18.6. The van der Waals surface area contributed by atoms with Crippen LogP contribution in [0.5, 0.6) is 17.2 Å². The number of hydrogen-bond donors (Lipinski definition) is 4. The van der Waals surface area contributed by atoms with Crippen LogP contribution in [0.4, 0.5) is 0 Å². The van der Waals surface area contributed by atoms with Crippen molar-refractivity contribution < 1.29 is 47.5 Å². The molecule has 63 heavy (non-hydrogen) atoms. The van der Waals surface area contributed by atoms with Gasteiger partial charge in [-0.05, 0) is 123 Å². The van der Waals surface area contributed by atoms with E-state index in [4.69, 9.17) is 18.9 Å². The highest BCUT2D eigenvalue weighted by atomic mass is 31.2. The van der Waals surface area contributed by atoms with Crippen LogP contribution in [-0.4, -0.2) is 61.2 Å². The molecule has 4 aromatic carbocycles. The number of aliphatic hydroxyl groups is 1. The number of aryl methyl sites for hydroxylation is 1. The number of phosphoric ester groups is 1. The zero-order valence-corrected chi connectivity index (χ0v) is 37.6. The van der Waals surface area contributed by atoms with Gasteiger partial charge in [0.05, 0.1) is 24.9 Å². The topological polar surface area (TPSA) is 140 Å². The van der Waals surface area contributed by atoms with Crippen LogP contribution in [0.2, 0.25) is 0 Å². The van der Waals surface area contributed by atoms with E-state index in [1.165, 1.54) is 24.0 Å². The molecule has 0 saturated heterocycles. The lowest BCUT2D eigenvalue weighted by Gasteiger charge is -2.21. The predicted molar refractivity (Wildman–Crippen MR) is 245 cm³/mol. The molecule has 2 unspecified atom stereocenters. The molecule has 1 fully saturated rings. The maximum Gasteiger partial charge on any atom is 0.472 e. The summed E-state index contributed by atoms with van der Waals surface area (Å²) < 4.78 is 41.8. The van der Waals surface area contributed by atoms with Crippen molar-refractivity contribution in [3.8, 4) is 17.2 Å². The van der Waals surface area contributed by atoms with Crippen LogP contribution >= 0.6 is 7.82 Å².